The van der Waals surface area contributed by atoms with Crippen molar-refractivity contribution in [3.8, 4) is 11.1 Å². The first-order valence-corrected chi connectivity index (χ1v) is 6.47. The molecule has 0 atom stereocenters. The van der Waals surface area contributed by atoms with E-state index in [4.69, 9.17) is 11.6 Å². The monoisotopic (exact) mass is 283 g/mol. The molecular formula is C16H7ClFNO. The third-order valence-electron chi connectivity index (χ3n) is 3.57. The van der Waals surface area contributed by atoms with Crippen LogP contribution in [0.1, 0.15) is 15.9 Å². The van der Waals surface area contributed by atoms with Crippen molar-refractivity contribution in [3.05, 3.63) is 64.6 Å². The normalized spacial score (nSPS) is 12.6. The van der Waals surface area contributed by atoms with Crippen molar-refractivity contribution in [3.63, 3.8) is 0 Å². The lowest BCUT2D eigenvalue weighted by Gasteiger charge is -2.06. The van der Waals surface area contributed by atoms with Gasteiger partial charge in [0.15, 0.2) is 5.78 Å². The van der Waals surface area contributed by atoms with Crippen LogP contribution >= 0.6 is 11.6 Å². The van der Waals surface area contributed by atoms with Crippen molar-refractivity contribution in [1.29, 1.82) is 0 Å². The van der Waals surface area contributed by atoms with Crippen molar-refractivity contribution in [2.24, 2.45) is 0 Å². The maximum Gasteiger partial charge on any atom is 0.195 e. The molecular weight excluding hydrogens is 277 g/mol. The molecule has 2 nitrogen and oxygen atoms in total. The summed E-state index contributed by atoms with van der Waals surface area (Å²) in [4.78, 5) is 16.9. The highest BCUT2D eigenvalue weighted by Crippen LogP contribution is 2.43. The van der Waals surface area contributed by atoms with Gasteiger partial charge in [0.05, 0.1) is 5.52 Å². The van der Waals surface area contributed by atoms with Crippen LogP contribution in [0.25, 0.3) is 22.0 Å². The first-order chi connectivity index (χ1) is 9.66. The number of halogens is 2. The Morgan fingerprint density at radius 2 is 1.80 bits per heavy atom. The van der Waals surface area contributed by atoms with E-state index < -0.39 is 5.82 Å². The van der Waals surface area contributed by atoms with Crippen molar-refractivity contribution in [2.45, 2.75) is 0 Å². The highest BCUT2D eigenvalue weighted by atomic mass is 35.5. The molecule has 0 radical (unpaired) electrons. The molecule has 0 fully saturated rings. The summed E-state index contributed by atoms with van der Waals surface area (Å²) >= 11 is 6.22. The largest absolute Gasteiger partial charge is 0.289 e. The van der Waals surface area contributed by atoms with Gasteiger partial charge in [0.2, 0.25) is 0 Å². The third-order valence-corrected chi connectivity index (χ3v) is 3.84. The number of rotatable bonds is 0. The Hall–Kier alpha value is -2.26. The number of nitrogens with zero attached hydrogens (tertiary/aromatic N) is 1. The summed E-state index contributed by atoms with van der Waals surface area (Å²) in [7, 11) is 0. The van der Waals surface area contributed by atoms with E-state index in [0.717, 1.165) is 5.39 Å². The predicted molar refractivity (Wildman–Crippen MR) is 75.6 cm³/mol. The Morgan fingerprint density at radius 1 is 1.00 bits per heavy atom. The fourth-order valence-corrected chi connectivity index (χ4v) is 3.01. The van der Waals surface area contributed by atoms with Crippen LogP contribution in [0.5, 0.6) is 0 Å². The molecule has 3 aromatic rings. The third kappa shape index (κ3) is 1.38. The van der Waals surface area contributed by atoms with Crippen molar-refractivity contribution < 1.29 is 9.18 Å². The van der Waals surface area contributed by atoms with Crippen molar-refractivity contribution in [2.75, 3.05) is 0 Å². The first-order valence-electron chi connectivity index (χ1n) is 6.09. The Morgan fingerprint density at radius 3 is 2.65 bits per heavy atom. The molecule has 0 amide bonds. The highest BCUT2D eigenvalue weighted by Gasteiger charge is 2.31. The molecule has 1 aliphatic rings. The summed E-state index contributed by atoms with van der Waals surface area (Å²) in [6.07, 6.45) is 0. The number of aromatic nitrogens is 1. The Balaban J connectivity index is 2.19. The number of hydrogen-bond acceptors (Lipinski definition) is 2. The van der Waals surface area contributed by atoms with E-state index in [-0.39, 0.29) is 10.9 Å². The van der Waals surface area contributed by atoms with Crippen LogP contribution in [-0.4, -0.2) is 10.8 Å². The molecule has 1 heterocycles. The molecule has 0 saturated heterocycles. The number of hydrogen-bond donors (Lipinski definition) is 0. The standard InChI is InChI=1S/C16H7ClFNO/c17-16-14-9-6-5-8(18)7-11(9)15(20)13(14)10-3-1-2-4-12(10)19-16/h1-7H. The number of carbonyl (C=O) groups excluding carboxylic acids is 1. The zero-order valence-corrected chi connectivity index (χ0v) is 10.9. The number of para-hydroxylation sites is 1. The van der Waals surface area contributed by atoms with Crippen molar-refractivity contribution in [1.82, 2.24) is 4.98 Å². The van der Waals surface area contributed by atoms with Gasteiger partial charge in [-0.15, -0.1) is 0 Å². The number of fused-ring (bicyclic) bond motifs is 5. The van der Waals surface area contributed by atoms with Gasteiger partial charge in [-0.2, -0.15) is 0 Å². The molecule has 0 unspecified atom stereocenters. The minimum atomic E-state index is -0.432. The molecule has 2 aromatic carbocycles. The summed E-state index contributed by atoms with van der Waals surface area (Å²) in [5, 5.41) is 1.02. The minimum absolute atomic E-state index is 0.199. The molecule has 0 aliphatic heterocycles. The van der Waals surface area contributed by atoms with Crippen LogP contribution in [-0.2, 0) is 0 Å². The lowest BCUT2D eigenvalue weighted by molar-refractivity contribution is 0.104. The second kappa shape index (κ2) is 3.87. The molecule has 1 aliphatic carbocycles. The van der Waals surface area contributed by atoms with Crippen LogP contribution in [0.4, 0.5) is 4.39 Å². The van der Waals surface area contributed by atoms with Gasteiger partial charge in [0.1, 0.15) is 11.0 Å². The number of ketones is 1. The number of pyridine rings is 1. The summed E-state index contributed by atoms with van der Waals surface area (Å²) in [5.41, 5.74) is 2.78. The fourth-order valence-electron chi connectivity index (χ4n) is 2.72. The predicted octanol–water partition coefficient (Wildman–Crippen LogP) is 4.24. The highest BCUT2D eigenvalue weighted by molar-refractivity contribution is 6.37. The molecule has 4 heteroatoms. The zero-order chi connectivity index (χ0) is 13.9. The molecule has 0 bridgehead atoms. The molecule has 0 spiro atoms. The lowest BCUT2D eigenvalue weighted by Crippen LogP contribution is -1.98. The van der Waals surface area contributed by atoms with E-state index >= 15 is 0 Å². The van der Waals surface area contributed by atoms with Gasteiger partial charge < -0.3 is 0 Å². The molecule has 1 aromatic heterocycles. The van der Waals surface area contributed by atoms with E-state index in [1.165, 1.54) is 12.1 Å². The summed E-state index contributed by atoms with van der Waals surface area (Å²) < 4.78 is 13.4. The topological polar surface area (TPSA) is 30.0 Å². The quantitative estimate of drug-likeness (QED) is 0.452. The molecule has 0 N–H and O–H groups in total. The molecule has 0 saturated carbocycles. The Bertz CT molecular complexity index is 904. The van der Waals surface area contributed by atoms with Crippen LogP contribution in [0.3, 0.4) is 0 Å². The zero-order valence-electron chi connectivity index (χ0n) is 10.2. The lowest BCUT2D eigenvalue weighted by atomic mass is 10.0. The maximum atomic E-state index is 13.4. The Kier molecular flexibility index (Phi) is 2.24. The molecule has 4 rings (SSSR count). The first kappa shape index (κ1) is 11.6. The van der Waals surface area contributed by atoms with Crippen LogP contribution in [0.2, 0.25) is 5.15 Å². The Labute approximate surface area is 118 Å². The smallest absolute Gasteiger partial charge is 0.195 e. The second-order valence-corrected chi connectivity index (χ2v) is 5.05. The number of benzene rings is 2. The van der Waals surface area contributed by atoms with Gasteiger partial charge >= 0.3 is 0 Å². The average molecular weight is 284 g/mol. The van der Waals surface area contributed by atoms with Crippen molar-refractivity contribution >= 4 is 28.3 Å². The van der Waals surface area contributed by atoms with Crippen LogP contribution in [0.15, 0.2) is 42.5 Å². The van der Waals surface area contributed by atoms with E-state index in [1.807, 2.05) is 18.2 Å². The van der Waals surface area contributed by atoms with E-state index in [1.54, 1.807) is 12.1 Å². The van der Waals surface area contributed by atoms with Crippen LogP contribution in [0, 0.1) is 5.82 Å². The summed E-state index contributed by atoms with van der Waals surface area (Å²) in [6, 6.07) is 11.5. The maximum absolute atomic E-state index is 13.4. The van der Waals surface area contributed by atoms with Gasteiger partial charge in [-0.05, 0) is 23.8 Å². The van der Waals surface area contributed by atoms with Gasteiger partial charge in [-0.3, -0.25) is 4.79 Å². The molecule has 20 heavy (non-hydrogen) atoms. The number of carbonyl (C=O) groups is 1. The summed E-state index contributed by atoms with van der Waals surface area (Å²) in [5.74, 6) is -0.631. The second-order valence-electron chi connectivity index (χ2n) is 4.69. The average Bonchev–Trinajstić information content (AvgIpc) is 2.73. The van der Waals surface area contributed by atoms with E-state index in [0.29, 0.717) is 27.8 Å². The van der Waals surface area contributed by atoms with Gasteiger partial charge in [-0.1, -0.05) is 35.9 Å². The minimum Gasteiger partial charge on any atom is -0.289 e. The molecule has 96 valence electrons. The summed E-state index contributed by atoms with van der Waals surface area (Å²) in [6.45, 7) is 0. The van der Waals surface area contributed by atoms with Crippen LogP contribution < -0.4 is 0 Å². The van der Waals surface area contributed by atoms with Gasteiger partial charge in [0, 0.05) is 22.1 Å². The SMILES string of the molecule is O=C1c2cc(F)ccc2-c2c(Cl)nc3ccccc3c21. The fraction of sp³-hybridized carbons (Fsp3) is 0. The van der Waals surface area contributed by atoms with Gasteiger partial charge in [0.25, 0.3) is 0 Å². The van der Waals surface area contributed by atoms with Gasteiger partial charge in [-0.25, -0.2) is 9.37 Å². The van der Waals surface area contributed by atoms with E-state index in [9.17, 15) is 9.18 Å². The van der Waals surface area contributed by atoms with E-state index in [2.05, 4.69) is 4.98 Å².